The Bertz CT molecular complexity index is 821. The first-order valence-corrected chi connectivity index (χ1v) is 8.20. The lowest BCUT2D eigenvalue weighted by atomic mass is 10.1. The molecule has 26 heavy (non-hydrogen) atoms. The zero-order valence-electron chi connectivity index (χ0n) is 14.6. The van der Waals surface area contributed by atoms with E-state index >= 15 is 0 Å². The number of aliphatic hydroxyl groups excluding tert-OH is 1. The number of benzene rings is 2. The number of aromatic hydroxyl groups is 2. The van der Waals surface area contributed by atoms with Crippen molar-refractivity contribution in [2.24, 2.45) is 0 Å². The van der Waals surface area contributed by atoms with Gasteiger partial charge in [0.1, 0.15) is 5.75 Å². The Balaban J connectivity index is 1.87. The van der Waals surface area contributed by atoms with E-state index in [-0.39, 0.29) is 23.9 Å². The average molecular weight is 354 g/mol. The summed E-state index contributed by atoms with van der Waals surface area (Å²) in [6.07, 6.45) is 7.77. The molecule has 0 aliphatic heterocycles. The van der Waals surface area contributed by atoms with Crippen molar-refractivity contribution in [3.63, 3.8) is 0 Å². The van der Waals surface area contributed by atoms with Crippen molar-refractivity contribution in [1.29, 1.82) is 0 Å². The first-order valence-electron chi connectivity index (χ1n) is 8.20. The highest BCUT2D eigenvalue weighted by molar-refractivity contribution is 6.01. The van der Waals surface area contributed by atoms with E-state index in [0.29, 0.717) is 17.7 Å². The summed E-state index contributed by atoms with van der Waals surface area (Å²) in [4.78, 5) is 11.9. The highest BCUT2D eigenvalue weighted by atomic mass is 16.5. The molecule has 0 radical (unpaired) electrons. The van der Waals surface area contributed by atoms with Crippen LogP contribution in [0.5, 0.6) is 17.2 Å². The number of ether oxygens (including phenoxy) is 1. The second kappa shape index (κ2) is 9.44. The SMILES string of the molecule is COc1cc(CC/C=C/C(=O)/C=C/c2ccc(O)c(CO)c2)ccc1O. The number of aliphatic hydroxyl groups is 1. The van der Waals surface area contributed by atoms with Crippen LogP contribution in [0.4, 0.5) is 0 Å². The van der Waals surface area contributed by atoms with Crippen LogP contribution in [0, 0.1) is 0 Å². The lowest BCUT2D eigenvalue weighted by molar-refractivity contribution is -0.110. The van der Waals surface area contributed by atoms with Gasteiger partial charge in [0, 0.05) is 5.56 Å². The predicted molar refractivity (Wildman–Crippen MR) is 100 cm³/mol. The molecular weight excluding hydrogens is 332 g/mol. The van der Waals surface area contributed by atoms with E-state index in [1.165, 1.54) is 25.3 Å². The summed E-state index contributed by atoms with van der Waals surface area (Å²) in [5.41, 5.74) is 2.15. The zero-order chi connectivity index (χ0) is 18.9. The molecule has 0 unspecified atom stereocenters. The molecule has 0 aromatic heterocycles. The number of ketones is 1. The first-order chi connectivity index (χ1) is 12.5. The molecule has 0 bridgehead atoms. The van der Waals surface area contributed by atoms with Gasteiger partial charge in [0.25, 0.3) is 0 Å². The van der Waals surface area contributed by atoms with Crippen LogP contribution in [0.2, 0.25) is 0 Å². The van der Waals surface area contributed by atoms with Gasteiger partial charge in [-0.1, -0.05) is 24.3 Å². The number of phenolic OH excluding ortho intramolecular Hbond substituents is 1. The number of hydrogen-bond acceptors (Lipinski definition) is 5. The number of carbonyl (C=O) groups excluding carboxylic acids is 1. The second-order valence-electron chi connectivity index (χ2n) is 5.73. The number of aryl methyl sites for hydroxylation is 1. The van der Waals surface area contributed by atoms with Gasteiger partial charge >= 0.3 is 0 Å². The van der Waals surface area contributed by atoms with Crippen LogP contribution in [-0.4, -0.2) is 28.2 Å². The van der Waals surface area contributed by atoms with E-state index in [0.717, 1.165) is 17.5 Å². The van der Waals surface area contributed by atoms with Crippen molar-refractivity contribution < 1.29 is 24.9 Å². The summed E-state index contributed by atoms with van der Waals surface area (Å²) in [6, 6.07) is 9.95. The van der Waals surface area contributed by atoms with Gasteiger partial charge in [-0.2, -0.15) is 0 Å². The molecule has 0 aliphatic carbocycles. The number of phenols is 2. The minimum Gasteiger partial charge on any atom is -0.508 e. The standard InChI is InChI=1S/C21H22O5/c1-26-21-13-15(8-11-20(21)25)4-2-3-5-18(23)9-6-16-7-10-19(24)17(12-16)14-22/h3,5-13,22,24-25H,2,4,14H2,1H3/b5-3+,9-6+. The van der Waals surface area contributed by atoms with Crippen molar-refractivity contribution in [1.82, 2.24) is 0 Å². The number of methoxy groups -OCH3 is 1. The summed E-state index contributed by atoms with van der Waals surface area (Å²) in [5.74, 6) is 0.418. The molecule has 136 valence electrons. The fraction of sp³-hybridized carbons (Fsp3) is 0.190. The van der Waals surface area contributed by atoms with Gasteiger partial charge in [0.15, 0.2) is 17.3 Å². The number of allylic oxidation sites excluding steroid dienone is 3. The van der Waals surface area contributed by atoms with E-state index < -0.39 is 0 Å². The zero-order valence-corrected chi connectivity index (χ0v) is 14.6. The molecule has 2 aromatic carbocycles. The predicted octanol–water partition coefficient (Wildman–Crippen LogP) is 3.37. The van der Waals surface area contributed by atoms with Crippen molar-refractivity contribution in [2.75, 3.05) is 7.11 Å². The van der Waals surface area contributed by atoms with Crippen LogP contribution in [-0.2, 0) is 17.8 Å². The molecule has 5 nitrogen and oxygen atoms in total. The van der Waals surface area contributed by atoms with Gasteiger partial charge < -0.3 is 20.1 Å². The summed E-state index contributed by atoms with van der Waals surface area (Å²) < 4.78 is 5.07. The average Bonchev–Trinajstić information content (AvgIpc) is 2.65. The molecule has 0 saturated carbocycles. The third kappa shape index (κ3) is 5.50. The molecule has 0 amide bonds. The van der Waals surface area contributed by atoms with Crippen molar-refractivity contribution in [3.8, 4) is 17.2 Å². The van der Waals surface area contributed by atoms with Gasteiger partial charge in [-0.05, 0) is 60.4 Å². The van der Waals surface area contributed by atoms with Crippen molar-refractivity contribution >= 4 is 11.9 Å². The quantitative estimate of drug-likeness (QED) is 0.633. The molecule has 3 N–H and O–H groups in total. The van der Waals surface area contributed by atoms with Crippen LogP contribution in [0.15, 0.2) is 54.6 Å². The van der Waals surface area contributed by atoms with E-state index in [4.69, 9.17) is 9.84 Å². The fourth-order valence-electron chi connectivity index (χ4n) is 2.40. The Hall–Kier alpha value is -3.05. The van der Waals surface area contributed by atoms with Gasteiger partial charge in [-0.25, -0.2) is 0 Å². The summed E-state index contributed by atoms with van der Waals surface area (Å²) in [6.45, 7) is -0.261. The number of carbonyl (C=O) groups is 1. The largest absolute Gasteiger partial charge is 0.508 e. The van der Waals surface area contributed by atoms with Gasteiger partial charge in [-0.15, -0.1) is 0 Å². The van der Waals surface area contributed by atoms with Gasteiger partial charge in [0.2, 0.25) is 0 Å². The molecule has 2 aromatic rings. The van der Waals surface area contributed by atoms with E-state index in [9.17, 15) is 15.0 Å². The van der Waals surface area contributed by atoms with Crippen LogP contribution >= 0.6 is 0 Å². The maximum atomic E-state index is 11.9. The number of rotatable bonds is 8. The summed E-state index contributed by atoms with van der Waals surface area (Å²) >= 11 is 0. The fourth-order valence-corrected chi connectivity index (χ4v) is 2.40. The lowest BCUT2D eigenvalue weighted by Crippen LogP contribution is -1.89. The van der Waals surface area contributed by atoms with Crippen molar-refractivity contribution in [3.05, 3.63) is 71.3 Å². The maximum Gasteiger partial charge on any atom is 0.178 e. The number of hydrogen-bond donors (Lipinski definition) is 3. The summed E-state index contributed by atoms with van der Waals surface area (Å²) in [7, 11) is 1.50. The first kappa shape index (κ1) is 19.3. The van der Waals surface area contributed by atoms with Crippen LogP contribution in [0.1, 0.15) is 23.1 Å². The monoisotopic (exact) mass is 354 g/mol. The molecule has 0 heterocycles. The minimum atomic E-state index is -0.261. The molecule has 0 aliphatic rings. The molecule has 0 spiro atoms. The van der Waals surface area contributed by atoms with E-state index in [1.54, 1.807) is 36.4 Å². The highest BCUT2D eigenvalue weighted by Gasteiger charge is 2.02. The molecule has 0 fully saturated rings. The second-order valence-corrected chi connectivity index (χ2v) is 5.73. The Kier molecular flexibility index (Phi) is 7.00. The van der Waals surface area contributed by atoms with Gasteiger partial charge in [0.05, 0.1) is 13.7 Å². The highest BCUT2D eigenvalue weighted by Crippen LogP contribution is 2.26. The van der Waals surface area contributed by atoms with Gasteiger partial charge in [-0.3, -0.25) is 4.79 Å². The Morgan fingerprint density at radius 1 is 1.08 bits per heavy atom. The Labute approximate surface area is 152 Å². The lowest BCUT2D eigenvalue weighted by Gasteiger charge is -2.05. The minimum absolute atomic E-state index is 0.0294. The normalized spacial score (nSPS) is 11.3. The molecule has 0 saturated heterocycles. The molecule has 0 atom stereocenters. The topological polar surface area (TPSA) is 87.0 Å². The maximum absolute atomic E-state index is 11.9. The van der Waals surface area contributed by atoms with E-state index in [1.807, 2.05) is 6.07 Å². The van der Waals surface area contributed by atoms with Crippen LogP contribution < -0.4 is 4.74 Å². The third-order valence-electron chi connectivity index (χ3n) is 3.84. The molecule has 5 heteroatoms. The molecular formula is C21H22O5. The third-order valence-corrected chi connectivity index (χ3v) is 3.84. The Morgan fingerprint density at radius 3 is 2.58 bits per heavy atom. The molecule has 2 rings (SSSR count). The van der Waals surface area contributed by atoms with Crippen LogP contribution in [0.25, 0.3) is 6.08 Å². The van der Waals surface area contributed by atoms with Crippen molar-refractivity contribution in [2.45, 2.75) is 19.4 Å². The van der Waals surface area contributed by atoms with Crippen LogP contribution in [0.3, 0.4) is 0 Å². The summed E-state index contributed by atoms with van der Waals surface area (Å²) in [5, 5.41) is 28.2. The van der Waals surface area contributed by atoms with E-state index in [2.05, 4.69) is 0 Å². The smallest absolute Gasteiger partial charge is 0.178 e. The Morgan fingerprint density at radius 2 is 1.85 bits per heavy atom.